The fraction of sp³-hybridized carbons (Fsp3) is 0.400. The highest BCUT2D eigenvalue weighted by Crippen LogP contribution is 2.25. The number of ether oxygens (including phenoxy) is 2. The number of methoxy groups -OCH3 is 2. The molecule has 0 bridgehead atoms. The molecule has 0 unspecified atom stereocenters. The van der Waals surface area contributed by atoms with Crippen LogP contribution in [0.5, 0.6) is 11.5 Å². The Kier molecular flexibility index (Phi) is 6.04. The summed E-state index contributed by atoms with van der Waals surface area (Å²) in [7, 11) is -0.248. The number of aryl methyl sites for hydroxylation is 1. The molecule has 0 saturated carbocycles. The summed E-state index contributed by atoms with van der Waals surface area (Å²) in [5, 5.41) is 0. The molecule has 0 atom stereocenters. The molecule has 7 heteroatoms. The Morgan fingerprint density at radius 3 is 2.33 bits per heavy atom. The Balaban J connectivity index is 1.64. The highest BCUT2D eigenvalue weighted by Gasteiger charge is 2.28. The third-order valence-electron chi connectivity index (χ3n) is 4.88. The van der Waals surface area contributed by atoms with Gasteiger partial charge in [-0.05, 0) is 48.4 Å². The summed E-state index contributed by atoms with van der Waals surface area (Å²) in [5.74, 6) is 1.53. The van der Waals surface area contributed by atoms with Gasteiger partial charge in [0.05, 0.1) is 19.1 Å². The molecule has 2 aromatic rings. The maximum absolute atomic E-state index is 12.9. The average Bonchev–Trinajstić information content (AvgIpc) is 2.68. The highest BCUT2D eigenvalue weighted by atomic mass is 32.2. The predicted octanol–water partition coefficient (Wildman–Crippen LogP) is 2.52. The summed E-state index contributed by atoms with van der Waals surface area (Å²) in [5.41, 5.74) is 1.98. The van der Waals surface area contributed by atoms with Gasteiger partial charge in [0.2, 0.25) is 10.0 Å². The molecule has 1 heterocycles. The van der Waals surface area contributed by atoms with Crippen molar-refractivity contribution in [2.75, 3.05) is 40.4 Å². The number of sulfonamides is 1. The number of hydrogen-bond donors (Lipinski definition) is 0. The average molecular weight is 391 g/mol. The molecule has 27 heavy (non-hydrogen) atoms. The molecule has 1 saturated heterocycles. The quantitative estimate of drug-likeness (QED) is 0.759. The van der Waals surface area contributed by atoms with Crippen LogP contribution in [0.3, 0.4) is 0 Å². The van der Waals surface area contributed by atoms with Crippen LogP contribution in [0.2, 0.25) is 0 Å². The Bertz CT molecular complexity index is 891. The van der Waals surface area contributed by atoms with Gasteiger partial charge in [0.1, 0.15) is 11.5 Å². The molecule has 3 rings (SSSR count). The van der Waals surface area contributed by atoms with Gasteiger partial charge < -0.3 is 9.47 Å². The minimum absolute atomic E-state index is 0.321. The van der Waals surface area contributed by atoms with Crippen molar-refractivity contribution in [1.82, 2.24) is 9.21 Å². The zero-order chi connectivity index (χ0) is 19.4. The van der Waals surface area contributed by atoms with E-state index in [1.807, 2.05) is 25.1 Å². The molecule has 146 valence electrons. The second-order valence-electron chi connectivity index (χ2n) is 6.66. The largest absolute Gasteiger partial charge is 0.497 e. The third-order valence-corrected chi connectivity index (χ3v) is 6.77. The second-order valence-corrected chi connectivity index (χ2v) is 8.60. The monoisotopic (exact) mass is 390 g/mol. The Morgan fingerprint density at radius 2 is 1.70 bits per heavy atom. The maximum Gasteiger partial charge on any atom is 0.243 e. The molecule has 1 aliphatic heterocycles. The first kappa shape index (κ1) is 19.7. The van der Waals surface area contributed by atoms with Gasteiger partial charge in [0.25, 0.3) is 0 Å². The Labute approximate surface area is 161 Å². The molecule has 1 aliphatic rings. The van der Waals surface area contributed by atoms with E-state index in [0.29, 0.717) is 36.8 Å². The zero-order valence-electron chi connectivity index (χ0n) is 16.0. The van der Waals surface area contributed by atoms with Gasteiger partial charge in [0, 0.05) is 32.7 Å². The van der Waals surface area contributed by atoms with Gasteiger partial charge in [0.15, 0.2) is 0 Å². The molecule has 0 spiro atoms. The molecular weight excluding hydrogens is 364 g/mol. The summed E-state index contributed by atoms with van der Waals surface area (Å²) >= 11 is 0. The van der Waals surface area contributed by atoms with Gasteiger partial charge in [-0.1, -0.05) is 12.1 Å². The molecule has 0 radical (unpaired) electrons. The van der Waals surface area contributed by atoms with Crippen LogP contribution in [0, 0.1) is 6.92 Å². The molecule has 6 nitrogen and oxygen atoms in total. The maximum atomic E-state index is 12.9. The van der Waals surface area contributed by atoms with E-state index in [4.69, 9.17) is 9.47 Å². The number of nitrogens with zero attached hydrogens (tertiary/aromatic N) is 2. The highest BCUT2D eigenvalue weighted by molar-refractivity contribution is 7.89. The lowest BCUT2D eigenvalue weighted by Gasteiger charge is -2.34. The molecule has 2 aromatic carbocycles. The van der Waals surface area contributed by atoms with E-state index in [2.05, 4.69) is 11.0 Å². The Hall–Kier alpha value is -2.09. The minimum atomic E-state index is -3.49. The number of rotatable bonds is 6. The van der Waals surface area contributed by atoms with Crippen LogP contribution < -0.4 is 9.47 Å². The molecule has 0 N–H and O–H groups in total. The van der Waals surface area contributed by atoms with Gasteiger partial charge in [-0.2, -0.15) is 4.31 Å². The summed E-state index contributed by atoms with van der Waals surface area (Å²) in [6.45, 7) is 5.00. The van der Waals surface area contributed by atoms with Crippen LogP contribution in [0.4, 0.5) is 0 Å². The van der Waals surface area contributed by atoms with Crippen LogP contribution in [-0.4, -0.2) is 58.0 Å². The summed E-state index contributed by atoms with van der Waals surface area (Å²) < 4.78 is 37.9. The van der Waals surface area contributed by atoms with Crippen molar-refractivity contribution >= 4 is 10.0 Å². The lowest BCUT2D eigenvalue weighted by Crippen LogP contribution is -2.48. The summed E-state index contributed by atoms with van der Waals surface area (Å²) in [6, 6.07) is 13.0. The molecule has 0 amide bonds. The van der Waals surface area contributed by atoms with Gasteiger partial charge in [-0.15, -0.1) is 0 Å². The van der Waals surface area contributed by atoms with Crippen LogP contribution in [-0.2, 0) is 16.6 Å². The van der Waals surface area contributed by atoms with E-state index < -0.39 is 10.0 Å². The van der Waals surface area contributed by atoms with Crippen molar-refractivity contribution in [3.05, 3.63) is 53.6 Å². The van der Waals surface area contributed by atoms with E-state index in [-0.39, 0.29) is 0 Å². The molecular formula is C20H26N2O4S. The van der Waals surface area contributed by atoms with E-state index in [1.54, 1.807) is 36.7 Å². The van der Waals surface area contributed by atoms with Crippen molar-refractivity contribution < 1.29 is 17.9 Å². The van der Waals surface area contributed by atoms with E-state index in [9.17, 15) is 8.42 Å². The van der Waals surface area contributed by atoms with Crippen LogP contribution >= 0.6 is 0 Å². The van der Waals surface area contributed by atoms with Crippen LogP contribution in [0.1, 0.15) is 11.1 Å². The van der Waals surface area contributed by atoms with Crippen molar-refractivity contribution in [2.24, 2.45) is 0 Å². The van der Waals surface area contributed by atoms with Crippen molar-refractivity contribution in [3.8, 4) is 11.5 Å². The first-order chi connectivity index (χ1) is 12.9. The minimum Gasteiger partial charge on any atom is -0.497 e. The number of hydrogen-bond acceptors (Lipinski definition) is 5. The predicted molar refractivity (Wildman–Crippen MR) is 105 cm³/mol. The van der Waals surface area contributed by atoms with E-state index in [1.165, 1.54) is 0 Å². The summed E-state index contributed by atoms with van der Waals surface area (Å²) in [6.07, 6.45) is 0. The normalized spacial score (nSPS) is 16.3. The van der Waals surface area contributed by atoms with Crippen molar-refractivity contribution in [3.63, 3.8) is 0 Å². The van der Waals surface area contributed by atoms with Crippen LogP contribution in [0.15, 0.2) is 47.4 Å². The smallest absolute Gasteiger partial charge is 0.243 e. The van der Waals surface area contributed by atoms with Gasteiger partial charge in [-0.25, -0.2) is 8.42 Å². The fourth-order valence-corrected chi connectivity index (χ4v) is 4.83. The zero-order valence-corrected chi connectivity index (χ0v) is 16.8. The topological polar surface area (TPSA) is 59.1 Å². The third kappa shape index (κ3) is 4.43. The number of piperazine rings is 1. The molecule has 1 fully saturated rings. The molecule has 0 aromatic heterocycles. The van der Waals surface area contributed by atoms with E-state index in [0.717, 1.165) is 23.4 Å². The first-order valence-corrected chi connectivity index (χ1v) is 10.4. The van der Waals surface area contributed by atoms with Crippen molar-refractivity contribution in [2.45, 2.75) is 18.4 Å². The standard InChI is InChI=1S/C20H26N2O4S/c1-16-13-19(7-8-20(16)26-3)27(23,24)22-11-9-21(10-12-22)15-17-5-4-6-18(14-17)25-2/h4-8,13-14H,9-12,15H2,1-3H3. The first-order valence-electron chi connectivity index (χ1n) is 8.94. The summed E-state index contributed by atoms with van der Waals surface area (Å²) in [4.78, 5) is 2.59. The lowest BCUT2D eigenvalue weighted by molar-refractivity contribution is 0.181. The Morgan fingerprint density at radius 1 is 0.963 bits per heavy atom. The lowest BCUT2D eigenvalue weighted by atomic mass is 10.2. The fourth-order valence-electron chi connectivity index (χ4n) is 3.32. The van der Waals surface area contributed by atoms with Crippen LogP contribution in [0.25, 0.3) is 0 Å². The second kappa shape index (κ2) is 8.29. The van der Waals surface area contributed by atoms with Gasteiger partial charge in [-0.3, -0.25) is 4.90 Å². The van der Waals surface area contributed by atoms with Crippen molar-refractivity contribution in [1.29, 1.82) is 0 Å². The van der Waals surface area contributed by atoms with E-state index >= 15 is 0 Å². The molecule has 0 aliphatic carbocycles. The number of benzene rings is 2. The van der Waals surface area contributed by atoms with Gasteiger partial charge >= 0.3 is 0 Å². The SMILES string of the molecule is COc1cccc(CN2CCN(S(=O)(=O)c3ccc(OC)c(C)c3)CC2)c1.